The molecule has 1 atom stereocenters. The van der Waals surface area contributed by atoms with E-state index < -0.39 is 0 Å². The number of hydrogen-bond acceptors (Lipinski definition) is 2. The maximum Gasteiger partial charge on any atom is 0.110 e. The van der Waals surface area contributed by atoms with Crippen molar-refractivity contribution in [1.29, 1.82) is 0 Å². The van der Waals surface area contributed by atoms with Crippen LogP contribution in [0.3, 0.4) is 0 Å². The number of nitrogens with zero attached hydrogens (tertiary/aromatic N) is 2. The second-order valence-electron chi connectivity index (χ2n) is 4.44. The van der Waals surface area contributed by atoms with Gasteiger partial charge in [-0.3, -0.25) is 0 Å². The Kier molecular flexibility index (Phi) is 4.39. The zero-order valence-electron chi connectivity index (χ0n) is 10.5. The van der Waals surface area contributed by atoms with Crippen molar-refractivity contribution in [2.45, 2.75) is 32.4 Å². The van der Waals surface area contributed by atoms with E-state index in [4.69, 9.17) is 17.3 Å². The minimum Gasteiger partial charge on any atom is -0.330 e. The van der Waals surface area contributed by atoms with Crippen LogP contribution in [0.15, 0.2) is 36.7 Å². The molecule has 2 rings (SSSR count). The molecule has 1 unspecified atom stereocenters. The molecule has 96 valence electrons. The number of benzene rings is 1. The average molecular weight is 264 g/mol. The van der Waals surface area contributed by atoms with Crippen molar-refractivity contribution < 1.29 is 0 Å². The Balaban J connectivity index is 2.15. The van der Waals surface area contributed by atoms with E-state index in [0.717, 1.165) is 35.8 Å². The van der Waals surface area contributed by atoms with Crippen molar-refractivity contribution in [3.8, 4) is 0 Å². The third kappa shape index (κ3) is 3.12. The monoisotopic (exact) mass is 263 g/mol. The highest BCUT2D eigenvalue weighted by Gasteiger charge is 2.09. The Labute approximate surface area is 113 Å². The number of hydrogen-bond donors (Lipinski definition) is 1. The molecule has 4 heteroatoms. The van der Waals surface area contributed by atoms with E-state index in [0.29, 0.717) is 0 Å². The molecule has 0 aliphatic heterocycles. The van der Waals surface area contributed by atoms with E-state index in [2.05, 4.69) is 16.5 Å². The molecule has 0 saturated heterocycles. The van der Waals surface area contributed by atoms with Gasteiger partial charge in [-0.2, -0.15) is 0 Å². The van der Waals surface area contributed by atoms with Crippen LogP contribution in [0.4, 0.5) is 0 Å². The predicted octanol–water partition coefficient (Wildman–Crippen LogP) is 2.86. The van der Waals surface area contributed by atoms with Gasteiger partial charge >= 0.3 is 0 Å². The van der Waals surface area contributed by atoms with Crippen molar-refractivity contribution >= 4 is 11.6 Å². The van der Waals surface area contributed by atoms with E-state index in [1.807, 2.05) is 36.7 Å². The van der Waals surface area contributed by atoms with Gasteiger partial charge in [0.1, 0.15) is 5.82 Å². The molecule has 0 saturated carbocycles. The van der Waals surface area contributed by atoms with Gasteiger partial charge in [0.05, 0.1) is 6.54 Å². The normalized spacial score (nSPS) is 12.6. The molecule has 18 heavy (non-hydrogen) atoms. The summed E-state index contributed by atoms with van der Waals surface area (Å²) in [5.74, 6) is 1.02. The van der Waals surface area contributed by atoms with Crippen LogP contribution in [-0.2, 0) is 13.0 Å². The Morgan fingerprint density at radius 2 is 2.17 bits per heavy atom. The fourth-order valence-corrected chi connectivity index (χ4v) is 2.06. The number of imidazole rings is 1. The first kappa shape index (κ1) is 13.1. The SMILES string of the molecule is CCC(N)Cc1nccn1Cc1ccccc1Cl. The minimum absolute atomic E-state index is 0.164. The molecule has 0 aliphatic rings. The zero-order chi connectivity index (χ0) is 13.0. The lowest BCUT2D eigenvalue weighted by Crippen LogP contribution is -2.23. The van der Waals surface area contributed by atoms with Gasteiger partial charge in [-0.05, 0) is 18.1 Å². The molecule has 0 spiro atoms. The lowest BCUT2D eigenvalue weighted by atomic mass is 10.1. The van der Waals surface area contributed by atoms with Crippen LogP contribution < -0.4 is 5.73 Å². The lowest BCUT2D eigenvalue weighted by molar-refractivity contribution is 0.597. The van der Waals surface area contributed by atoms with Gasteiger partial charge in [-0.25, -0.2) is 4.98 Å². The van der Waals surface area contributed by atoms with Gasteiger partial charge in [-0.15, -0.1) is 0 Å². The molecule has 0 amide bonds. The van der Waals surface area contributed by atoms with Gasteiger partial charge < -0.3 is 10.3 Å². The summed E-state index contributed by atoms with van der Waals surface area (Å²) in [4.78, 5) is 4.37. The standard InChI is InChI=1S/C14H18ClN3/c1-2-12(16)9-14-17-7-8-18(14)10-11-5-3-4-6-13(11)15/h3-8,12H,2,9-10,16H2,1H3. The van der Waals surface area contributed by atoms with Crippen LogP contribution in [0.25, 0.3) is 0 Å². The molecule has 1 aromatic heterocycles. The summed E-state index contributed by atoms with van der Waals surface area (Å²) in [5.41, 5.74) is 7.08. The highest BCUT2D eigenvalue weighted by Crippen LogP contribution is 2.17. The summed E-state index contributed by atoms with van der Waals surface area (Å²) in [7, 11) is 0. The first-order valence-corrected chi connectivity index (χ1v) is 6.57. The van der Waals surface area contributed by atoms with Crippen LogP contribution in [0.1, 0.15) is 24.7 Å². The quantitative estimate of drug-likeness (QED) is 0.902. The number of halogens is 1. The van der Waals surface area contributed by atoms with Gasteiger partial charge in [0, 0.05) is 29.9 Å². The summed E-state index contributed by atoms with van der Waals surface area (Å²) in [6, 6.07) is 8.04. The highest BCUT2D eigenvalue weighted by molar-refractivity contribution is 6.31. The van der Waals surface area contributed by atoms with Crippen LogP contribution in [-0.4, -0.2) is 15.6 Å². The Morgan fingerprint density at radius 3 is 2.89 bits per heavy atom. The van der Waals surface area contributed by atoms with Crippen LogP contribution in [0.2, 0.25) is 5.02 Å². The van der Waals surface area contributed by atoms with E-state index in [9.17, 15) is 0 Å². The van der Waals surface area contributed by atoms with E-state index in [-0.39, 0.29) is 6.04 Å². The molecule has 0 aliphatic carbocycles. The molecular formula is C14H18ClN3. The molecule has 2 N–H and O–H groups in total. The number of rotatable bonds is 5. The third-order valence-corrected chi connectivity index (χ3v) is 3.44. The Bertz CT molecular complexity index is 507. The zero-order valence-corrected chi connectivity index (χ0v) is 11.3. The summed E-state index contributed by atoms with van der Waals surface area (Å²) >= 11 is 6.17. The van der Waals surface area contributed by atoms with Gasteiger partial charge in [0.25, 0.3) is 0 Å². The highest BCUT2D eigenvalue weighted by atomic mass is 35.5. The van der Waals surface area contributed by atoms with Crippen LogP contribution in [0.5, 0.6) is 0 Å². The smallest absolute Gasteiger partial charge is 0.110 e. The van der Waals surface area contributed by atoms with Gasteiger partial charge in [0.15, 0.2) is 0 Å². The Hall–Kier alpha value is -1.32. The lowest BCUT2D eigenvalue weighted by Gasteiger charge is -2.12. The molecule has 3 nitrogen and oxygen atoms in total. The summed E-state index contributed by atoms with van der Waals surface area (Å²) < 4.78 is 2.11. The van der Waals surface area contributed by atoms with Crippen molar-refractivity contribution in [3.63, 3.8) is 0 Å². The van der Waals surface area contributed by atoms with Crippen molar-refractivity contribution in [2.75, 3.05) is 0 Å². The average Bonchev–Trinajstić information content (AvgIpc) is 2.79. The van der Waals surface area contributed by atoms with Gasteiger partial charge in [0.2, 0.25) is 0 Å². The molecule has 0 radical (unpaired) electrons. The first-order chi connectivity index (χ1) is 8.70. The molecule has 0 bridgehead atoms. The molecule has 2 aromatic rings. The summed E-state index contributed by atoms with van der Waals surface area (Å²) in [6.45, 7) is 2.83. The largest absolute Gasteiger partial charge is 0.330 e. The van der Waals surface area contributed by atoms with Gasteiger partial charge in [-0.1, -0.05) is 36.7 Å². The molecular weight excluding hydrogens is 246 g/mol. The van der Waals surface area contributed by atoms with Crippen molar-refractivity contribution in [3.05, 3.63) is 53.1 Å². The molecule has 1 heterocycles. The van der Waals surface area contributed by atoms with Crippen molar-refractivity contribution in [1.82, 2.24) is 9.55 Å². The summed E-state index contributed by atoms with van der Waals surface area (Å²) in [5, 5.41) is 0.789. The topological polar surface area (TPSA) is 43.8 Å². The number of nitrogens with two attached hydrogens (primary N) is 1. The van der Waals surface area contributed by atoms with Crippen LogP contribution in [0, 0.1) is 0 Å². The minimum atomic E-state index is 0.164. The summed E-state index contributed by atoms with van der Waals surface area (Å²) in [6.07, 6.45) is 5.54. The van der Waals surface area contributed by atoms with E-state index >= 15 is 0 Å². The maximum atomic E-state index is 6.17. The molecule has 0 fully saturated rings. The van der Waals surface area contributed by atoms with Crippen molar-refractivity contribution in [2.24, 2.45) is 5.73 Å². The van der Waals surface area contributed by atoms with E-state index in [1.165, 1.54) is 0 Å². The Morgan fingerprint density at radius 1 is 1.39 bits per heavy atom. The predicted molar refractivity (Wildman–Crippen MR) is 74.8 cm³/mol. The molecule has 1 aromatic carbocycles. The van der Waals surface area contributed by atoms with E-state index in [1.54, 1.807) is 0 Å². The number of aromatic nitrogens is 2. The second-order valence-corrected chi connectivity index (χ2v) is 4.84. The first-order valence-electron chi connectivity index (χ1n) is 6.19. The van der Waals surface area contributed by atoms with Crippen LogP contribution >= 0.6 is 11.6 Å². The third-order valence-electron chi connectivity index (χ3n) is 3.07. The fourth-order valence-electron chi connectivity index (χ4n) is 1.86. The maximum absolute atomic E-state index is 6.17. The second kappa shape index (κ2) is 6.03. The fraction of sp³-hybridized carbons (Fsp3) is 0.357.